The first-order valence-electron chi connectivity index (χ1n) is 11.0. The van der Waals surface area contributed by atoms with Crippen molar-refractivity contribution in [2.24, 2.45) is 0 Å². The molecule has 1 N–H and O–H groups in total. The Labute approximate surface area is 208 Å². The van der Waals surface area contributed by atoms with E-state index < -0.39 is 59.9 Å². The standard InChI is InChI=1S/C25H24F6N2O4/c1-23(2,3)16-9-7-15(8-10-16)12-33-20(35)11-19(34)32-22(33)21-17(36-13-24(26,27)28)5-4-6-18(21)37-14-25(29,30)31/h4-11,34H,12-14H2,1-3H3. The van der Waals surface area contributed by atoms with E-state index >= 15 is 0 Å². The summed E-state index contributed by atoms with van der Waals surface area (Å²) >= 11 is 0. The van der Waals surface area contributed by atoms with Crippen molar-refractivity contribution < 1.29 is 40.9 Å². The molecule has 0 radical (unpaired) electrons. The Morgan fingerprint density at radius 1 is 0.865 bits per heavy atom. The highest BCUT2D eigenvalue weighted by Crippen LogP contribution is 2.39. The third-order valence-electron chi connectivity index (χ3n) is 5.15. The predicted octanol–water partition coefficient (Wildman–Crippen LogP) is 5.84. The maximum absolute atomic E-state index is 12.9. The van der Waals surface area contributed by atoms with Crippen LogP contribution < -0.4 is 15.0 Å². The fourth-order valence-corrected chi connectivity index (χ4v) is 3.42. The fourth-order valence-electron chi connectivity index (χ4n) is 3.42. The molecule has 0 aliphatic carbocycles. The Bertz CT molecular complexity index is 1260. The van der Waals surface area contributed by atoms with Crippen LogP contribution in [0.3, 0.4) is 0 Å². The molecule has 1 aromatic heterocycles. The molecular weight excluding hydrogens is 506 g/mol. The van der Waals surface area contributed by atoms with Crippen LogP contribution in [0.25, 0.3) is 11.4 Å². The number of aromatic nitrogens is 2. The summed E-state index contributed by atoms with van der Waals surface area (Å²) < 4.78 is 87.9. The van der Waals surface area contributed by atoms with Gasteiger partial charge in [0.25, 0.3) is 5.56 Å². The quantitative estimate of drug-likeness (QED) is 0.389. The number of hydrogen-bond acceptors (Lipinski definition) is 5. The topological polar surface area (TPSA) is 73.6 Å². The van der Waals surface area contributed by atoms with Crippen molar-refractivity contribution >= 4 is 0 Å². The number of halogens is 6. The van der Waals surface area contributed by atoms with Crippen LogP contribution in [0, 0.1) is 0 Å². The Kier molecular flexibility index (Phi) is 7.80. The van der Waals surface area contributed by atoms with Crippen molar-refractivity contribution in [3.63, 3.8) is 0 Å². The van der Waals surface area contributed by atoms with Gasteiger partial charge in [-0.05, 0) is 28.7 Å². The number of hydrogen-bond donors (Lipinski definition) is 1. The van der Waals surface area contributed by atoms with E-state index in [2.05, 4.69) is 4.98 Å². The molecule has 0 saturated carbocycles. The zero-order chi connectivity index (χ0) is 27.6. The van der Waals surface area contributed by atoms with Gasteiger partial charge < -0.3 is 14.6 Å². The number of nitrogens with zero attached hydrogens (tertiary/aromatic N) is 2. The maximum atomic E-state index is 12.9. The summed E-state index contributed by atoms with van der Waals surface area (Å²) in [7, 11) is 0. The van der Waals surface area contributed by atoms with Gasteiger partial charge in [0, 0.05) is 0 Å². The van der Waals surface area contributed by atoms with Crippen molar-refractivity contribution in [2.75, 3.05) is 13.2 Å². The lowest BCUT2D eigenvalue weighted by Crippen LogP contribution is -2.25. The van der Waals surface area contributed by atoms with Crippen molar-refractivity contribution in [2.45, 2.75) is 45.1 Å². The number of rotatable bonds is 7. The number of benzene rings is 2. The van der Waals surface area contributed by atoms with E-state index in [9.17, 15) is 36.2 Å². The van der Waals surface area contributed by atoms with Crippen molar-refractivity contribution in [1.29, 1.82) is 0 Å². The van der Waals surface area contributed by atoms with Gasteiger partial charge in [0.1, 0.15) is 17.1 Å². The van der Waals surface area contributed by atoms with Crippen LogP contribution in [-0.2, 0) is 12.0 Å². The highest BCUT2D eigenvalue weighted by atomic mass is 19.4. The molecule has 0 unspecified atom stereocenters. The van der Waals surface area contributed by atoms with Crippen LogP contribution in [0.2, 0.25) is 0 Å². The second kappa shape index (κ2) is 10.3. The van der Waals surface area contributed by atoms with E-state index in [1.807, 2.05) is 32.9 Å². The molecule has 0 aliphatic rings. The van der Waals surface area contributed by atoms with Crippen molar-refractivity contribution in [3.05, 3.63) is 70.0 Å². The first-order valence-corrected chi connectivity index (χ1v) is 11.0. The fraction of sp³-hybridized carbons (Fsp3) is 0.360. The molecule has 3 aromatic rings. The van der Waals surface area contributed by atoms with Crippen LogP contribution in [-0.4, -0.2) is 40.2 Å². The molecule has 12 heteroatoms. The first-order chi connectivity index (χ1) is 17.0. The smallest absolute Gasteiger partial charge is 0.422 e. The Morgan fingerprint density at radius 2 is 1.38 bits per heavy atom. The summed E-state index contributed by atoms with van der Waals surface area (Å²) in [5, 5.41) is 10.0. The lowest BCUT2D eigenvalue weighted by molar-refractivity contribution is -0.153. The largest absolute Gasteiger partial charge is 0.493 e. The van der Waals surface area contributed by atoms with Gasteiger partial charge in [-0.15, -0.1) is 0 Å². The summed E-state index contributed by atoms with van der Waals surface area (Å²) in [4.78, 5) is 16.7. The van der Waals surface area contributed by atoms with Gasteiger partial charge >= 0.3 is 12.4 Å². The number of alkyl halides is 6. The van der Waals surface area contributed by atoms with Gasteiger partial charge in [0.05, 0.1) is 12.6 Å². The minimum Gasteiger partial charge on any atom is -0.493 e. The summed E-state index contributed by atoms with van der Waals surface area (Å²) in [6, 6.07) is 11.2. The normalized spacial score (nSPS) is 12.5. The summed E-state index contributed by atoms with van der Waals surface area (Å²) in [6.07, 6.45) is -9.53. The molecular formula is C25H24F6N2O4. The molecule has 200 valence electrons. The third kappa shape index (κ3) is 7.64. The molecule has 2 aromatic carbocycles. The van der Waals surface area contributed by atoms with E-state index in [0.29, 0.717) is 5.56 Å². The van der Waals surface area contributed by atoms with Gasteiger partial charge in [-0.1, -0.05) is 51.1 Å². The summed E-state index contributed by atoms with van der Waals surface area (Å²) in [5.74, 6) is -2.29. The molecule has 0 spiro atoms. The average Bonchev–Trinajstić information content (AvgIpc) is 2.76. The van der Waals surface area contributed by atoms with Gasteiger partial charge in [-0.3, -0.25) is 9.36 Å². The molecule has 0 bridgehead atoms. The molecule has 0 atom stereocenters. The van der Waals surface area contributed by atoms with E-state index in [0.717, 1.165) is 34.4 Å². The van der Waals surface area contributed by atoms with Gasteiger partial charge in [0.2, 0.25) is 5.88 Å². The molecule has 0 amide bonds. The van der Waals surface area contributed by atoms with Gasteiger partial charge in [-0.2, -0.15) is 31.3 Å². The zero-order valence-corrected chi connectivity index (χ0v) is 20.1. The van der Waals surface area contributed by atoms with E-state index in [1.165, 1.54) is 0 Å². The maximum Gasteiger partial charge on any atom is 0.422 e. The molecule has 1 heterocycles. The molecule has 3 rings (SSSR count). The van der Waals surface area contributed by atoms with E-state index in [-0.39, 0.29) is 12.0 Å². The van der Waals surface area contributed by atoms with Crippen LogP contribution in [0.4, 0.5) is 26.3 Å². The second-order valence-corrected chi connectivity index (χ2v) is 9.25. The number of ether oxygens (including phenoxy) is 2. The Morgan fingerprint density at radius 3 is 1.84 bits per heavy atom. The molecule has 0 aliphatic heterocycles. The van der Waals surface area contributed by atoms with Crippen LogP contribution in [0.5, 0.6) is 17.4 Å². The average molecular weight is 530 g/mol. The monoisotopic (exact) mass is 530 g/mol. The lowest BCUT2D eigenvalue weighted by atomic mass is 9.87. The molecule has 6 nitrogen and oxygen atoms in total. The SMILES string of the molecule is CC(C)(C)c1ccc(Cn2c(-c3c(OCC(F)(F)F)cccc3OCC(F)(F)F)nc(O)cc2=O)cc1. The third-order valence-corrected chi connectivity index (χ3v) is 5.15. The second-order valence-electron chi connectivity index (χ2n) is 9.25. The van der Waals surface area contributed by atoms with E-state index in [4.69, 9.17) is 9.47 Å². The first kappa shape index (κ1) is 27.9. The number of aromatic hydroxyl groups is 1. The van der Waals surface area contributed by atoms with Crippen molar-refractivity contribution in [1.82, 2.24) is 9.55 Å². The highest BCUT2D eigenvalue weighted by Gasteiger charge is 2.32. The van der Waals surface area contributed by atoms with Crippen LogP contribution in [0.15, 0.2) is 53.3 Å². The minimum absolute atomic E-state index is 0.153. The Hall–Kier alpha value is -3.70. The summed E-state index contributed by atoms with van der Waals surface area (Å²) in [5.41, 5.74) is 0.196. The lowest BCUT2D eigenvalue weighted by Gasteiger charge is -2.21. The minimum atomic E-state index is -4.76. The zero-order valence-electron chi connectivity index (χ0n) is 20.1. The predicted molar refractivity (Wildman–Crippen MR) is 123 cm³/mol. The van der Waals surface area contributed by atoms with Gasteiger partial charge in [0.15, 0.2) is 19.0 Å². The van der Waals surface area contributed by atoms with Crippen LogP contribution >= 0.6 is 0 Å². The molecule has 0 fully saturated rings. The molecule has 37 heavy (non-hydrogen) atoms. The Balaban J connectivity index is 2.16. The van der Waals surface area contributed by atoms with Crippen LogP contribution in [0.1, 0.15) is 31.9 Å². The van der Waals surface area contributed by atoms with E-state index in [1.54, 1.807) is 12.1 Å². The van der Waals surface area contributed by atoms with Gasteiger partial charge in [-0.25, -0.2) is 0 Å². The van der Waals surface area contributed by atoms with Crippen molar-refractivity contribution in [3.8, 4) is 28.8 Å². The highest BCUT2D eigenvalue weighted by molar-refractivity contribution is 5.72. The molecule has 0 saturated heterocycles. The summed E-state index contributed by atoms with van der Waals surface area (Å²) in [6.45, 7) is 2.34.